The van der Waals surface area contributed by atoms with E-state index < -0.39 is 0 Å². The number of carbonyl (C=O) groups is 1. The zero-order valence-corrected chi connectivity index (χ0v) is 10.2. The molecule has 1 aliphatic carbocycles. The highest BCUT2D eigenvalue weighted by Gasteiger charge is 2.23. The van der Waals surface area contributed by atoms with Crippen molar-refractivity contribution >= 4 is 5.97 Å². The Morgan fingerprint density at radius 3 is 2.82 bits per heavy atom. The number of fused-ring (bicyclic) bond motifs is 1. The molecule has 0 aliphatic heterocycles. The van der Waals surface area contributed by atoms with Crippen LogP contribution in [0.25, 0.3) is 0 Å². The molecule has 0 saturated heterocycles. The summed E-state index contributed by atoms with van der Waals surface area (Å²) in [5.41, 5.74) is 9.30. The summed E-state index contributed by atoms with van der Waals surface area (Å²) in [6, 6.07) is 4.05. The molecule has 0 radical (unpaired) electrons. The van der Waals surface area contributed by atoms with Crippen molar-refractivity contribution in [3.63, 3.8) is 0 Å². The highest BCUT2D eigenvalue weighted by atomic mass is 16.5. The summed E-state index contributed by atoms with van der Waals surface area (Å²) >= 11 is 0. The maximum absolute atomic E-state index is 11.4. The van der Waals surface area contributed by atoms with Gasteiger partial charge in [-0.3, -0.25) is 4.79 Å². The van der Waals surface area contributed by atoms with Crippen LogP contribution in [0.5, 0.6) is 5.75 Å². The quantitative estimate of drug-likeness (QED) is 0.788. The predicted octanol–water partition coefficient (Wildman–Crippen LogP) is 0.837. The van der Waals surface area contributed by atoms with Gasteiger partial charge in [0.2, 0.25) is 0 Å². The van der Waals surface area contributed by atoms with Gasteiger partial charge in [0, 0.05) is 6.04 Å². The molecule has 4 heteroatoms. The Balaban J connectivity index is 2.36. The Kier molecular flexibility index (Phi) is 3.33. The maximum atomic E-state index is 11.4. The molecule has 1 aromatic carbocycles. The Bertz CT molecular complexity index is 443. The van der Waals surface area contributed by atoms with Crippen LogP contribution in [-0.2, 0) is 28.8 Å². The van der Waals surface area contributed by atoms with Crippen LogP contribution >= 0.6 is 0 Å². The molecule has 0 saturated carbocycles. The third-order valence-electron chi connectivity index (χ3n) is 3.15. The summed E-state index contributed by atoms with van der Waals surface area (Å²) in [6.45, 7) is 0. The lowest BCUT2D eigenvalue weighted by Crippen LogP contribution is -2.19. The first-order valence-corrected chi connectivity index (χ1v) is 5.65. The number of hydrogen-bond donors (Lipinski definition) is 1. The second-order valence-corrected chi connectivity index (χ2v) is 4.35. The first-order valence-electron chi connectivity index (χ1n) is 5.65. The minimum atomic E-state index is -0.235. The number of esters is 1. The van der Waals surface area contributed by atoms with Gasteiger partial charge in [0.25, 0.3) is 0 Å². The smallest absolute Gasteiger partial charge is 0.309 e. The van der Waals surface area contributed by atoms with Crippen molar-refractivity contribution in [1.29, 1.82) is 0 Å². The molecule has 92 valence electrons. The number of ether oxygens (including phenoxy) is 2. The molecule has 1 unspecified atom stereocenters. The van der Waals surface area contributed by atoms with Crippen molar-refractivity contribution in [3.8, 4) is 5.75 Å². The molecule has 1 atom stereocenters. The largest absolute Gasteiger partial charge is 0.497 e. The maximum Gasteiger partial charge on any atom is 0.309 e. The van der Waals surface area contributed by atoms with Crippen LogP contribution in [0.15, 0.2) is 12.1 Å². The minimum Gasteiger partial charge on any atom is -0.497 e. The van der Waals surface area contributed by atoms with E-state index in [1.807, 2.05) is 12.1 Å². The lowest BCUT2D eigenvalue weighted by Gasteiger charge is -2.10. The normalized spacial score (nSPS) is 17.7. The van der Waals surface area contributed by atoms with Gasteiger partial charge in [0.05, 0.1) is 20.6 Å². The van der Waals surface area contributed by atoms with Gasteiger partial charge in [-0.15, -0.1) is 0 Å². The molecule has 0 spiro atoms. The van der Waals surface area contributed by atoms with E-state index in [0.717, 1.165) is 24.2 Å². The third-order valence-corrected chi connectivity index (χ3v) is 3.15. The second kappa shape index (κ2) is 4.75. The molecule has 4 nitrogen and oxygen atoms in total. The van der Waals surface area contributed by atoms with Gasteiger partial charge >= 0.3 is 5.97 Å². The van der Waals surface area contributed by atoms with Gasteiger partial charge in [-0.1, -0.05) is 0 Å². The molecule has 0 amide bonds. The number of rotatable bonds is 3. The summed E-state index contributed by atoms with van der Waals surface area (Å²) in [5.74, 6) is 0.540. The van der Waals surface area contributed by atoms with Gasteiger partial charge in [0.15, 0.2) is 0 Å². The van der Waals surface area contributed by atoms with Crippen LogP contribution in [0.2, 0.25) is 0 Å². The minimum absolute atomic E-state index is 0.147. The Labute approximate surface area is 101 Å². The fourth-order valence-corrected chi connectivity index (χ4v) is 2.33. The Morgan fingerprint density at radius 2 is 2.18 bits per heavy atom. The van der Waals surface area contributed by atoms with Crippen molar-refractivity contribution in [2.24, 2.45) is 5.73 Å². The molecular formula is C13H17NO3. The molecular weight excluding hydrogens is 218 g/mol. The summed E-state index contributed by atoms with van der Waals surface area (Å²) in [4.78, 5) is 11.4. The average Bonchev–Trinajstić information content (AvgIpc) is 2.69. The van der Waals surface area contributed by atoms with Crippen LogP contribution < -0.4 is 10.5 Å². The van der Waals surface area contributed by atoms with E-state index in [2.05, 4.69) is 0 Å². The van der Waals surface area contributed by atoms with Gasteiger partial charge in [-0.25, -0.2) is 0 Å². The zero-order chi connectivity index (χ0) is 12.4. The number of nitrogens with two attached hydrogens (primary N) is 1. The third kappa shape index (κ3) is 2.42. The summed E-state index contributed by atoms with van der Waals surface area (Å²) in [5, 5.41) is 0. The van der Waals surface area contributed by atoms with Crippen LogP contribution in [0.3, 0.4) is 0 Å². The van der Waals surface area contributed by atoms with Crippen LogP contribution in [-0.4, -0.2) is 26.2 Å². The van der Waals surface area contributed by atoms with Crippen molar-refractivity contribution < 1.29 is 14.3 Å². The fourth-order valence-electron chi connectivity index (χ4n) is 2.33. The SMILES string of the molecule is COC(=O)Cc1cc(OC)cc2c1CC(N)C2. The molecule has 0 heterocycles. The predicted molar refractivity (Wildman–Crippen MR) is 64.1 cm³/mol. The first kappa shape index (κ1) is 11.9. The van der Waals surface area contributed by atoms with E-state index in [4.69, 9.17) is 15.2 Å². The lowest BCUT2D eigenvalue weighted by molar-refractivity contribution is -0.139. The number of hydrogen-bond acceptors (Lipinski definition) is 4. The summed E-state index contributed by atoms with van der Waals surface area (Å²) in [7, 11) is 3.02. The van der Waals surface area contributed by atoms with Crippen LogP contribution in [0.1, 0.15) is 16.7 Å². The Morgan fingerprint density at radius 1 is 1.41 bits per heavy atom. The van der Waals surface area contributed by atoms with Gasteiger partial charge in [-0.2, -0.15) is 0 Å². The zero-order valence-electron chi connectivity index (χ0n) is 10.2. The van der Waals surface area contributed by atoms with E-state index in [0.29, 0.717) is 0 Å². The molecule has 0 aromatic heterocycles. The summed E-state index contributed by atoms with van der Waals surface area (Å²) < 4.78 is 9.94. The van der Waals surface area contributed by atoms with Crippen LogP contribution in [0.4, 0.5) is 0 Å². The van der Waals surface area contributed by atoms with Crippen molar-refractivity contribution in [3.05, 3.63) is 28.8 Å². The standard InChI is InChI=1S/C13H17NO3/c1-16-11-4-8-3-10(14)7-12(8)9(5-11)6-13(15)17-2/h4-5,10H,3,6-7,14H2,1-2H3. The Hall–Kier alpha value is -1.55. The molecule has 0 bridgehead atoms. The van der Waals surface area contributed by atoms with Crippen molar-refractivity contribution in [1.82, 2.24) is 0 Å². The first-order chi connectivity index (χ1) is 8.13. The van der Waals surface area contributed by atoms with Gasteiger partial charge in [0.1, 0.15) is 5.75 Å². The monoisotopic (exact) mass is 235 g/mol. The molecule has 2 N–H and O–H groups in total. The lowest BCUT2D eigenvalue weighted by atomic mass is 10.0. The van der Waals surface area contributed by atoms with E-state index in [9.17, 15) is 4.79 Å². The number of benzene rings is 1. The number of carbonyl (C=O) groups excluding carboxylic acids is 1. The average molecular weight is 235 g/mol. The van der Waals surface area contributed by atoms with E-state index in [1.54, 1.807) is 7.11 Å². The van der Waals surface area contributed by atoms with Crippen LogP contribution in [0, 0.1) is 0 Å². The molecule has 2 rings (SSSR count). The van der Waals surface area contributed by atoms with Gasteiger partial charge < -0.3 is 15.2 Å². The second-order valence-electron chi connectivity index (χ2n) is 4.35. The number of methoxy groups -OCH3 is 2. The highest BCUT2D eigenvalue weighted by molar-refractivity contribution is 5.73. The van der Waals surface area contributed by atoms with Crippen molar-refractivity contribution in [2.75, 3.05) is 14.2 Å². The molecule has 17 heavy (non-hydrogen) atoms. The topological polar surface area (TPSA) is 61.5 Å². The molecule has 1 aromatic rings. The fraction of sp³-hybridized carbons (Fsp3) is 0.462. The van der Waals surface area contributed by atoms with E-state index in [-0.39, 0.29) is 18.4 Å². The van der Waals surface area contributed by atoms with Gasteiger partial charge in [-0.05, 0) is 41.7 Å². The molecule has 1 aliphatic rings. The van der Waals surface area contributed by atoms with Crippen molar-refractivity contribution in [2.45, 2.75) is 25.3 Å². The summed E-state index contributed by atoms with van der Waals surface area (Å²) in [6.07, 6.45) is 1.95. The van der Waals surface area contributed by atoms with E-state index >= 15 is 0 Å². The van der Waals surface area contributed by atoms with E-state index in [1.165, 1.54) is 18.2 Å². The molecule has 0 fully saturated rings. The highest BCUT2D eigenvalue weighted by Crippen LogP contribution is 2.30.